The van der Waals surface area contributed by atoms with Gasteiger partial charge in [-0.15, -0.1) is 0 Å². The van der Waals surface area contributed by atoms with Crippen molar-refractivity contribution in [1.82, 2.24) is 14.7 Å². The lowest BCUT2D eigenvalue weighted by atomic mass is 10.0. The first-order valence-corrected chi connectivity index (χ1v) is 5.93. The Bertz CT molecular complexity index is 332. The topological polar surface area (TPSA) is 47.1 Å². The van der Waals surface area contributed by atoms with E-state index < -0.39 is 0 Å². The van der Waals surface area contributed by atoms with Gasteiger partial charge in [-0.3, -0.25) is 9.58 Å². The van der Waals surface area contributed by atoms with Crippen LogP contribution in [0.4, 0.5) is 0 Å². The predicted octanol–water partition coefficient (Wildman–Crippen LogP) is 1.46. The molecule has 4 heteroatoms. The van der Waals surface area contributed by atoms with Crippen LogP contribution in [-0.4, -0.2) is 34.3 Å². The first-order chi connectivity index (χ1) is 7.52. The lowest BCUT2D eigenvalue weighted by Crippen LogP contribution is -2.36. The fourth-order valence-corrected chi connectivity index (χ4v) is 1.95. The summed E-state index contributed by atoms with van der Waals surface area (Å²) in [6.07, 6.45) is 3.07. The third-order valence-corrected chi connectivity index (χ3v) is 3.63. The maximum Gasteiger partial charge on any atom is 0.0540 e. The van der Waals surface area contributed by atoms with Crippen molar-refractivity contribution in [2.75, 3.05) is 13.6 Å². The molecule has 4 nitrogen and oxygen atoms in total. The molecule has 0 aliphatic carbocycles. The standard InChI is InChI=1S/C12H24N4/c1-6-9(2)15(4)12(7-13)11-8-14-16(5)10(11)3/h8-9,12H,6-7,13H2,1-5H3. The number of aryl methyl sites for hydroxylation is 1. The van der Waals surface area contributed by atoms with Crippen molar-refractivity contribution in [2.45, 2.75) is 39.3 Å². The summed E-state index contributed by atoms with van der Waals surface area (Å²) in [4.78, 5) is 2.34. The second-order valence-corrected chi connectivity index (χ2v) is 4.48. The first-order valence-electron chi connectivity index (χ1n) is 5.93. The highest BCUT2D eigenvalue weighted by Gasteiger charge is 2.22. The Morgan fingerprint density at radius 3 is 2.56 bits per heavy atom. The van der Waals surface area contributed by atoms with Gasteiger partial charge in [-0.05, 0) is 27.3 Å². The smallest absolute Gasteiger partial charge is 0.0540 e. The van der Waals surface area contributed by atoms with Gasteiger partial charge in [0.15, 0.2) is 0 Å². The number of nitrogens with zero attached hydrogens (tertiary/aromatic N) is 3. The van der Waals surface area contributed by atoms with Crippen LogP contribution in [0.3, 0.4) is 0 Å². The molecule has 1 aromatic rings. The summed E-state index contributed by atoms with van der Waals surface area (Å²) < 4.78 is 1.91. The zero-order valence-electron chi connectivity index (χ0n) is 11.1. The zero-order valence-corrected chi connectivity index (χ0v) is 11.1. The second-order valence-electron chi connectivity index (χ2n) is 4.48. The molecule has 0 radical (unpaired) electrons. The fourth-order valence-electron chi connectivity index (χ4n) is 1.95. The van der Waals surface area contributed by atoms with Crippen LogP contribution in [0.2, 0.25) is 0 Å². The van der Waals surface area contributed by atoms with E-state index in [0.717, 1.165) is 6.42 Å². The highest BCUT2D eigenvalue weighted by atomic mass is 15.3. The van der Waals surface area contributed by atoms with Gasteiger partial charge < -0.3 is 5.73 Å². The third kappa shape index (κ3) is 2.44. The number of aromatic nitrogens is 2. The number of likely N-dealkylation sites (N-methyl/N-ethyl adjacent to an activating group) is 1. The lowest BCUT2D eigenvalue weighted by Gasteiger charge is -2.31. The van der Waals surface area contributed by atoms with Gasteiger partial charge in [0, 0.05) is 30.9 Å². The lowest BCUT2D eigenvalue weighted by molar-refractivity contribution is 0.184. The van der Waals surface area contributed by atoms with Crippen LogP contribution in [-0.2, 0) is 7.05 Å². The number of nitrogens with two attached hydrogens (primary N) is 1. The summed E-state index contributed by atoms with van der Waals surface area (Å²) in [5, 5.41) is 4.29. The molecule has 2 atom stereocenters. The largest absolute Gasteiger partial charge is 0.329 e. The maximum absolute atomic E-state index is 5.90. The van der Waals surface area contributed by atoms with Crippen LogP contribution in [0.1, 0.15) is 37.6 Å². The minimum Gasteiger partial charge on any atom is -0.329 e. The first kappa shape index (κ1) is 13.2. The Balaban J connectivity index is 2.94. The van der Waals surface area contributed by atoms with Crippen molar-refractivity contribution < 1.29 is 0 Å². The van der Waals surface area contributed by atoms with Crippen LogP contribution >= 0.6 is 0 Å². The van der Waals surface area contributed by atoms with E-state index in [2.05, 4.69) is 37.8 Å². The van der Waals surface area contributed by atoms with Crippen molar-refractivity contribution in [3.63, 3.8) is 0 Å². The van der Waals surface area contributed by atoms with Gasteiger partial charge in [0.25, 0.3) is 0 Å². The molecule has 0 aromatic carbocycles. The molecule has 0 saturated carbocycles. The van der Waals surface area contributed by atoms with E-state index in [1.54, 1.807) is 0 Å². The van der Waals surface area contributed by atoms with Crippen molar-refractivity contribution in [1.29, 1.82) is 0 Å². The molecular formula is C12H24N4. The molecule has 1 heterocycles. The Labute approximate surface area is 98.4 Å². The van der Waals surface area contributed by atoms with E-state index in [-0.39, 0.29) is 6.04 Å². The minimum absolute atomic E-state index is 0.267. The van der Waals surface area contributed by atoms with Crippen molar-refractivity contribution in [3.05, 3.63) is 17.5 Å². The second kappa shape index (κ2) is 5.46. The van der Waals surface area contributed by atoms with E-state index in [0.29, 0.717) is 12.6 Å². The van der Waals surface area contributed by atoms with E-state index in [9.17, 15) is 0 Å². The molecule has 2 unspecified atom stereocenters. The van der Waals surface area contributed by atoms with Crippen molar-refractivity contribution in [3.8, 4) is 0 Å². The SMILES string of the molecule is CCC(C)N(C)C(CN)c1cnn(C)c1C. The normalized spacial score (nSPS) is 15.4. The van der Waals surface area contributed by atoms with Crippen LogP contribution in [0, 0.1) is 6.92 Å². The van der Waals surface area contributed by atoms with Gasteiger partial charge in [-0.2, -0.15) is 5.10 Å². The number of hydrogen-bond acceptors (Lipinski definition) is 3. The van der Waals surface area contributed by atoms with E-state index in [1.165, 1.54) is 11.3 Å². The average molecular weight is 224 g/mol. The summed E-state index contributed by atoms with van der Waals surface area (Å²) in [7, 11) is 4.10. The van der Waals surface area contributed by atoms with Gasteiger partial charge in [0.05, 0.1) is 12.2 Å². The highest BCUT2D eigenvalue weighted by molar-refractivity contribution is 5.21. The molecule has 16 heavy (non-hydrogen) atoms. The van der Waals surface area contributed by atoms with E-state index in [4.69, 9.17) is 5.73 Å². The summed E-state index contributed by atoms with van der Waals surface area (Å²) in [5.41, 5.74) is 8.34. The monoisotopic (exact) mass is 224 g/mol. The average Bonchev–Trinajstić information content (AvgIpc) is 2.61. The zero-order chi connectivity index (χ0) is 12.3. The van der Waals surface area contributed by atoms with Crippen molar-refractivity contribution in [2.24, 2.45) is 12.8 Å². The van der Waals surface area contributed by atoms with Gasteiger partial charge in [-0.1, -0.05) is 6.92 Å². The number of rotatable bonds is 5. The summed E-state index contributed by atoms with van der Waals surface area (Å²) in [5.74, 6) is 0. The van der Waals surface area contributed by atoms with E-state index >= 15 is 0 Å². The molecule has 0 amide bonds. The Morgan fingerprint density at radius 1 is 1.56 bits per heavy atom. The van der Waals surface area contributed by atoms with Gasteiger partial charge in [-0.25, -0.2) is 0 Å². The Kier molecular flexibility index (Phi) is 4.50. The molecule has 0 fully saturated rings. The molecule has 0 bridgehead atoms. The summed E-state index contributed by atoms with van der Waals surface area (Å²) >= 11 is 0. The highest BCUT2D eigenvalue weighted by Crippen LogP contribution is 2.23. The molecule has 92 valence electrons. The predicted molar refractivity (Wildman–Crippen MR) is 67.3 cm³/mol. The number of hydrogen-bond donors (Lipinski definition) is 1. The van der Waals surface area contributed by atoms with Crippen LogP contribution in [0.5, 0.6) is 0 Å². The van der Waals surface area contributed by atoms with Gasteiger partial charge >= 0.3 is 0 Å². The molecule has 1 rings (SSSR count). The summed E-state index contributed by atoms with van der Waals surface area (Å²) in [6, 6.07) is 0.803. The van der Waals surface area contributed by atoms with Crippen LogP contribution in [0.25, 0.3) is 0 Å². The molecule has 1 aromatic heterocycles. The minimum atomic E-state index is 0.267. The molecule has 0 aliphatic heterocycles. The maximum atomic E-state index is 5.90. The third-order valence-electron chi connectivity index (χ3n) is 3.63. The van der Waals surface area contributed by atoms with Crippen LogP contribution < -0.4 is 5.73 Å². The molecule has 0 spiro atoms. The van der Waals surface area contributed by atoms with Crippen LogP contribution in [0.15, 0.2) is 6.20 Å². The van der Waals surface area contributed by atoms with Gasteiger partial charge in [0.2, 0.25) is 0 Å². The molecule has 0 aliphatic rings. The quantitative estimate of drug-likeness (QED) is 0.823. The molecule has 2 N–H and O–H groups in total. The van der Waals surface area contributed by atoms with Gasteiger partial charge in [0.1, 0.15) is 0 Å². The Hall–Kier alpha value is -0.870. The van der Waals surface area contributed by atoms with Crippen molar-refractivity contribution >= 4 is 0 Å². The fraction of sp³-hybridized carbons (Fsp3) is 0.750. The van der Waals surface area contributed by atoms with E-state index in [1.807, 2.05) is 17.9 Å². The molecule has 0 saturated heterocycles. The Morgan fingerprint density at radius 2 is 2.19 bits per heavy atom. The molecular weight excluding hydrogens is 200 g/mol. The summed E-state index contributed by atoms with van der Waals surface area (Å²) in [6.45, 7) is 7.15.